The zero-order valence-electron chi connectivity index (χ0n) is 10.2. The Kier molecular flexibility index (Phi) is 5.09. The minimum atomic E-state index is 0.0930. The van der Waals surface area contributed by atoms with E-state index in [1.165, 1.54) is 19.3 Å². The maximum absolute atomic E-state index is 11.3. The van der Waals surface area contributed by atoms with Gasteiger partial charge in [0.2, 0.25) is 5.91 Å². The number of amides is 1. The Labute approximate surface area is 93.0 Å². The highest BCUT2D eigenvalue weighted by atomic mass is 16.1. The molecule has 15 heavy (non-hydrogen) atoms. The zero-order chi connectivity index (χ0) is 11.3. The molecule has 1 aliphatic carbocycles. The summed E-state index contributed by atoms with van der Waals surface area (Å²) in [4.78, 5) is 11.3. The van der Waals surface area contributed by atoms with Gasteiger partial charge in [0.15, 0.2) is 0 Å². The molecule has 1 amide bonds. The summed E-state index contributed by atoms with van der Waals surface area (Å²) in [7, 11) is 0. The van der Waals surface area contributed by atoms with Gasteiger partial charge < -0.3 is 10.6 Å². The van der Waals surface area contributed by atoms with Crippen molar-refractivity contribution >= 4 is 5.91 Å². The van der Waals surface area contributed by atoms with Crippen molar-refractivity contribution in [3.63, 3.8) is 0 Å². The lowest BCUT2D eigenvalue weighted by molar-refractivity contribution is -0.123. The van der Waals surface area contributed by atoms with E-state index >= 15 is 0 Å². The van der Waals surface area contributed by atoms with E-state index in [1.54, 1.807) is 0 Å². The first kappa shape index (κ1) is 12.5. The van der Waals surface area contributed by atoms with E-state index in [-0.39, 0.29) is 11.8 Å². The second-order valence-corrected chi connectivity index (χ2v) is 4.75. The maximum Gasteiger partial charge on any atom is 0.222 e. The van der Waals surface area contributed by atoms with Gasteiger partial charge in [-0.2, -0.15) is 0 Å². The van der Waals surface area contributed by atoms with Crippen LogP contribution < -0.4 is 10.6 Å². The Morgan fingerprint density at radius 3 is 2.47 bits per heavy atom. The summed E-state index contributed by atoms with van der Waals surface area (Å²) >= 11 is 0. The largest absolute Gasteiger partial charge is 0.355 e. The molecule has 0 bridgehead atoms. The lowest BCUT2D eigenvalue weighted by Crippen LogP contribution is -2.38. The van der Waals surface area contributed by atoms with E-state index in [2.05, 4.69) is 17.6 Å². The van der Waals surface area contributed by atoms with E-state index in [0.717, 1.165) is 19.0 Å². The van der Waals surface area contributed by atoms with Crippen molar-refractivity contribution < 1.29 is 4.79 Å². The Bertz CT molecular complexity index is 200. The standard InChI is InChI=1S/C12H24N2O/c1-4-11(10-5-6-10)13-7-8-14-12(15)9(2)3/h9-11,13H,4-8H2,1-3H3,(H,14,15). The van der Waals surface area contributed by atoms with Gasteiger partial charge in [-0.15, -0.1) is 0 Å². The molecule has 2 N–H and O–H groups in total. The summed E-state index contributed by atoms with van der Waals surface area (Å²) in [6.07, 6.45) is 3.95. The van der Waals surface area contributed by atoms with E-state index in [4.69, 9.17) is 0 Å². The van der Waals surface area contributed by atoms with Crippen LogP contribution in [0, 0.1) is 11.8 Å². The molecule has 0 aliphatic heterocycles. The van der Waals surface area contributed by atoms with Crippen molar-refractivity contribution in [2.75, 3.05) is 13.1 Å². The van der Waals surface area contributed by atoms with Crippen LogP contribution in [0.5, 0.6) is 0 Å². The van der Waals surface area contributed by atoms with Gasteiger partial charge in [0, 0.05) is 25.0 Å². The van der Waals surface area contributed by atoms with Crippen LogP contribution in [0.25, 0.3) is 0 Å². The van der Waals surface area contributed by atoms with Crippen LogP contribution >= 0.6 is 0 Å². The topological polar surface area (TPSA) is 41.1 Å². The molecule has 0 heterocycles. The molecule has 0 aromatic heterocycles. The van der Waals surface area contributed by atoms with Gasteiger partial charge in [0.05, 0.1) is 0 Å². The molecule has 0 spiro atoms. The number of carbonyl (C=O) groups excluding carboxylic acids is 1. The average molecular weight is 212 g/mol. The zero-order valence-corrected chi connectivity index (χ0v) is 10.2. The Morgan fingerprint density at radius 2 is 2.00 bits per heavy atom. The lowest BCUT2D eigenvalue weighted by atomic mass is 10.1. The molecule has 1 fully saturated rings. The first-order valence-electron chi connectivity index (χ1n) is 6.16. The highest BCUT2D eigenvalue weighted by Gasteiger charge is 2.29. The molecule has 88 valence electrons. The van der Waals surface area contributed by atoms with Crippen LogP contribution in [0.15, 0.2) is 0 Å². The van der Waals surface area contributed by atoms with Crippen LogP contribution in [-0.2, 0) is 4.79 Å². The van der Waals surface area contributed by atoms with Crippen LogP contribution in [0.4, 0.5) is 0 Å². The summed E-state index contributed by atoms with van der Waals surface area (Å²) in [5.41, 5.74) is 0. The van der Waals surface area contributed by atoms with E-state index in [0.29, 0.717) is 6.04 Å². The number of rotatable bonds is 7. The minimum absolute atomic E-state index is 0.0930. The fraction of sp³-hybridized carbons (Fsp3) is 0.917. The summed E-state index contributed by atoms with van der Waals surface area (Å²) in [5, 5.41) is 6.43. The molecule has 1 unspecified atom stereocenters. The number of hydrogen-bond acceptors (Lipinski definition) is 2. The average Bonchev–Trinajstić information content (AvgIpc) is 3.01. The first-order valence-corrected chi connectivity index (χ1v) is 6.16. The summed E-state index contributed by atoms with van der Waals surface area (Å²) in [6.45, 7) is 7.71. The minimum Gasteiger partial charge on any atom is -0.355 e. The molecule has 1 rings (SSSR count). The summed E-state index contributed by atoms with van der Waals surface area (Å²) in [5.74, 6) is 1.14. The van der Waals surface area contributed by atoms with E-state index < -0.39 is 0 Å². The number of carbonyl (C=O) groups is 1. The van der Waals surface area contributed by atoms with Crippen molar-refractivity contribution in [3.05, 3.63) is 0 Å². The van der Waals surface area contributed by atoms with Crippen molar-refractivity contribution in [1.29, 1.82) is 0 Å². The molecule has 1 saturated carbocycles. The van der Waals surface area contributed by atoms with Gasteiger partial charge in [0.1, 0.15) is 0 Å². The molecule has 3 heteroatoms. The van der Waals surface area contributed by atoms with Gasteiger partial charge in [0.25, 0.3) is 0 Å². The lowest BCUT2D eigenvalue weighted by Gasteiger charge is -2.16. The monoisotopic (exact) mass is 212 g/mol. The van der Waals surface area contributed by atoms with Gasteiger partial charge in [-0.25, -0.2) is 0 Å². The molecular weight excluding hydrogens is 188 g/mol. The van der Waals surface area contributed by atoms with Gasteiger partial charge >= 0.3 is 0 Å². The quantitative estimate of drug-likeness (QED) is 0.628. The SMILES string of the molecule is CCC(NCCNC(=O)C(C)C)C1CC1. The second kappa shape index (κ2) is 6.11. The molecule has 3 nitrogen and oxygen atoms in total. The normalized spacial score (nSPS) is 17.9. The summed E-state index contributed by atoms with van der Waals surface area (Å²) < 4.78 is 0. The second-order valence-electron chi connectivity index (χ2n) is 4.75. The highest BCUT2D eigenvalue weighted by Crippen LogP contribution is 2.33. The van der Waals surface area contributed by atoms with Crippen molar-refractivity contribution in [2.24, 2.45) is 11.8 Å². The molecule has 0 aromatic rings. The van der Waals surface area contributed by atoms with Gasteiger partial charge in [-0.3, -0.25) is 4.79 Å². The molecule has 1 aliphatic rings. The Morgan fingerprint density at radius 1 is 1.33 bits per heavy atom. The van der Waals surface area contributed by atoms with E-state index in [9.17, 15) is 4.79 Å². The smallest absolute Gasteiger partial charge is 0.222 e. The van der Waals surface area contributed by atoms with Gasteiger partial charge in [-0.05, 0) is 25.2 Å². The van der Waals surface area contributed by atoms with Crippen molar-refractivity contribution in [2.45, 2.75) is 46.1 Å². The summed E-state index contributed by atoms with van der Waals surface area (Å²) in [6, 6.07) is 0.668. The predicted molar refractivity (Wildman–Crippen MR) is 62.7 cm³/mol. The molecule has 0 radical (unpaired) electrons. The fourth-order valence-electron chi connectivity index (χ4n) is 1.79. The number of hydrogen-bond donors (Lipinski definition) is 2. The highest BCUT2D eigenvalue weighted by molar-refractivity contribution is 5.77. The van der Waals surface area contributed by atoms with Gasteiger partial charge in [-0.1, -0.05) is 20.8 Å². The third-order valence-electron chi connectivity index (χ3n) is 2.99. The third-order valence-corrected chi connectivity index (χ3v) is 2.99. The molecular formula is C12H24N2O. The van der Waals surface area contributed by atoms with Crippen molar-refractivity contribution in [1.82, 2.24) is 10.6 Å². The van der Waals surface area contributed by atoms with Crippen LogP contribution in [-0.4, -0.2) is 25.0 Å². The third kappa shape index (κ3) is 4.65. The van der Waals surface area contributed by atoms with Crippen LogP contribution in [0.3, 0.4) is 0 Å². The Hall–Kier alpha value is -0.570. The van der Waals surface area contributed by atoms with Crippen LogP contribution in [0.2, 0.25) is 0 Å². The molecule has 1 atom stereocenters. The predicted octanol–water partition coefficient (Wildman–Crippen LogP) is 1.54. The Balaban J connectivity index is 2.02. The van der Waals surface area contributed by atoms with Crippen molar-refractivity contribution in [3.8, 4) is 0 Å². The molecule has 0 saturated heterocycles. The maximum atomic E-state index is 11.3. The van der Waals surface area contributed by atoms with Crippen LogP contribution in [0.1, 0.15) is 40.0 Å². The van der Waals surface area contributed by atoms with E-state index in [1.807, 2.05) is 13.8 Å². The first-order chi connectivity index (χ1) is 7.15. The molecule has 0 aromatic carbocycles. The number of nitrogens with one attached hydrogen (secondary N) is 2. The fourth-order valence-corrected chi connectivity index (χ4v) is 1.79.